The van der Waals surface area contributed by atoms with E-state index in [1.807, 2.05) is 0 Å². The number of hydrogen-bond donors (Lipinski definition) is 0. The van der Waals surface area contributed by atoms with Crippen molar-refractivity contribution >= 4 is 0 Å². The summed E-state index contributed by atoms with van der Waals surface area (Å²) in [5, 5.41) is 0. The summed E-state index contributed by atoms with van der Waals surface area (Å²) in [4.78, 5) is 4.91. The van der Waals surface area contributed by atoms with Gasteiger partial charge in [-0.3, -0.25) is 0 Å². The Bertz CT molecular complexity index is 114. The van der Waals surface area contributed by atoms with E-state index in [1.165, 1.54) is 32.5 Å². The van der Waals surface area contributed by atoms with E-state index >= 15 is 0 Å². The zero-order valence-electron chi connectivity index (χ0n) is 8.01. The van der Waals surface area contributed by atoms with Gasteiger partial charge in [-0.05, 0) is 33.5 Å². The zero-order chi connectivity index (χ0) is 8.27. The summed E-state index contributed by atoms with van der Waals surface area (Å²) in [6, 6.07) is 0.819. The Kier molecular flexibility index (Phi) is 3.34. The molecular weight excluding hydrogens is 136 g/mol. The minimum Gasteiger partial charge on any atom is -0.305 e. The van der Waals surface area contributed by atoms with Gasteiger partial charge < -0.3 is 9.80 Å². The first kappa shape index (κ1) is 9.01. The normalized spacial score (nSPS) is 30.3. The van der Waals surface area contributed by atoms with Crippen LogP contribution in [0.5, 0.6) is 0 Å². The predicted molar refractivity (Wildman–Crippen MR) is 48.8 cm³/mol. The fourth-order valence-electron chi connectivity index (χ4n) is 1.73. The highest BCUT2D eigenvalue weighted by Gasteiger charge is 2.17. The summed E-state index contributed by atoms with van der Waals surface area (Å²) in [6.45, 7) is 6.01. The van der Waals surface area contributed by atoms with Crippen molar-refractivity contribution in [2.24, 2.45) is 0 Å². The second-order valence-corrected chi connectivity index (χ2v) is 3.63. The molecule has 66 valence electrons. The van der Waals surface area contributed by atoms with Gasteiger partial charge >= 0.3 is 0 Å². The van der Waals surface area contributed by atoms with Crippen LogP contribution >= 0.6 is 0 Å². The molecular formula is C9H20N2. The van der Waals surface area contributed by atoms with E-state index in [1.54, 1.807) is 0 Å². The van der Waals surface area contributed by atoms with Crippen molar-refractivity contribution in [1.29, 1.82) is 0 Å². The summed E-state index contributed by atoms with van der Waals surface area (Å²) in [5.74, 6) is 0. The Hall–Kier alpha value is -0.0800. The molecule has 1 unspecified atom stereocenters. The minimum atomic E-state index is 0.819. The van der Waals surface area contributed by atoms with Gasteiger partial charge in [-0.1, -0.05) is 6.92 Å². The van der Waals surface area contributed by atoms with Crippen LogP contribution in [0.3, 0.4) is 0 Å². The Morgan fingerprint density at radius 3 is 2.55 bits per heavy atom. The van der Waals surface area contributed by atoms with Crippen LogP contribution in [-0.2, 0) is 0 Å². The summed E-state index contributed by atoms with van der Waals surface area (Å²) in [5.41, 5.74) is 0. The maximum Gasteiger partial charge on any atom is 0.0109 e. The number of hydrogen-bond acceptors (Lipinski definition) is 2. The summed E-state index contributed by atoms with van der Waals surface area (Å²) < 4.78 is 0. The van der Waals surface area contributed by atoms with Crippen molar-refractivity contribution in [2.75, 3.05) is 33.7 Å². The quantitative estimate of drug-likeness (QED) is 0.559. The highest BCUT2D eigenvalue weighted by molar-refractivity contribution is 4.73. The van der Waals surface area contributed by atoms with Gasteiger partial charge in [-0.2, -0.15) is 0 Å². The predicted octanol–water partition coefficient (Wildman–Crippen LogP) is 1.03. The van der Waals surface area contributed by atoms with Gasteiger partial charge in [0.25, 0.3) is 0 Å². The number of nitrogens with zero attached hydrogens (tertiary/aromatic N) is 2. The second-order valence-electron chi connectivity index (χ2n) is 3.63. The van der Waals surface area contributed by atoms with Crippen molar-refractivity contribution in [2.45, 2.75) is 25.8 Å². The molecule has 0 aromatic carbocycles. The first-order chi connectivity index (χ1) is 5.24. The van der Waals surface area contributed by atoms with Gasteiger partial charge in [0.05, 0.1) is 0 Å². The lowest BCUT2D eigenvalue weighted by Crippen LogP contribution is -2.31. The standard InChI is InChI=1S/C9H20N2/c1-4-9-5-6-10(2)7-8-11(9)3/h9H,4-8H2,1-3H3. The molecule has 0 aliphatic carbocycles. The van der Waals surface area contributed by atoms with Gasteiger partial charge in [0.2, 0.25) is 0 Å². The van der Waals surface area contributed by atoms with Crippen LogP contribution in [0.4, 0.5) is 0 Å². The second kappa shape index (κ2) is 4.07. The van der Waals surface area contributed by atoms with Crippen LogP contribution in [0.25, 0.3) is 0 Å². The first-order valence-corrected chi connectivity index (χ1v) is 4.62. The lowest BCUT2D eigenvalue weighted by molar-refractivity contribution is 0.246. The molecule has 1 aliphatic heterocycles. The largest absolute Gasteiger partial charge is 0.305 e. The van der Waals surface area contributed by atoms with Gasteiger partial charge in [-0.25, -0.2) is 0 Å². The van der Waals surface area contributed by atoms with E-state index in [0.717, 1.165) is 6.04 Å². The smallest absolute Gasteiger partial charge is 0.0109 e. The molecule has 1 saturated heterocycles. The van der Waals surface area contributed by atoms with E-state index in [4.69, 9.17) is 0 Å². The topological polar surface area (TPSA) is 6.48 Å². The third kappa shape index (κ3) is 2.46. The lowest BCUT2D eigenvalue weighted by atomic mass is 10.1. The highest BCUT2D eigenvalue weighted by Crippen LogP contribution is 2.10. The molecule has 2 nitrogen and oxygen atoms in total. The molecule has 0 amide bonds. The van der Waals surface area contributed by atoms with Crippen LogP contribution in [0.2, 0.25) is 0 Å². The van der Waals surface area contributed by atoms with E-state index in [0.29, 0.717) is 0 Å². The molecule has 0 spiro atoms. The van der Waals surface area contributed by atoms with Gasteiger partial charge in [0.15, 0.2) is 0 Å². The van der Waals surface area contributed by atoms with E-state index in [-0.39, 0.29) is 0 Å². The average Bonchev–Trinajstić information content (AvgIpc) is 2.15. The third-order valence-electron chi connectivity index (χ3n) is 2.77. The molecule has 1 fully saturated rings. The monoisotopic (exact) mass is 156 g/mol. The Labute approximate surface area is 70.2 Å². The fourth-order valence-corrected chi connectivity index (χ4v) is 1.73. The van der Waals surface area contributed by atoms with Crippen LogP contribution in [0.1, 0.15) is 19.8 Å². The Morgan fingerprint density at radius 1 is 1.18 bits per heavy atom. The SMILES string of the molecule is CCC1CCN(C)CCN1C. The molecule has 0 saturated carbocycles. The number of rotatable bonds is 1. The zero-order valence-corrected chi connectivity index (χ0v) is 8.01. The highest BCUT2D eigenvalue weighted by atomic mass is 15.2. The molecule has 2 heteroatoms. The van der Waals surface area contributed by atoms with Crippen LogP contribution in [0.15, 0.2) is 0 Å². The van der Waals surface area contributed by atoms with Crippen molar-refractivity contribution in [3.8, 4) is 0 Å². The maximum atomic E-state index is 2.49. The summed E-state index contributed by atoms with van der Waals surface area (Å²) in [7, 11) is 4.46. The Morgan fingerprint density at radius 2 is 1.91 bits per heavy atom. The molecule has 11 heavy (non-hydrogen) atoms. The molecule has 0 aromatic rings. The lowest BCUT2D eigenvalue weighted by Gasteiger charge is -2.23. The molecule has 1 aliphatic rings. The summed E-state index contributed by atoms with van der Waals surface area (Å²) in [6.07, 6.45) is 2.63. The van der Waals surface area contributed by atoms with Crippen LogP contribution in [-0.4, -0.2) is 49.6 Å². The molecule has 1 atom stereocenters. The Balaban J connectivity index is 2.41. The van der Waals surface area contributed by atoms with Crippen molar-refractivity contribution in [3.05, 3.63) is 0 Å². The number of likely N-dealkylation sites (N-methyl/N-ethyl adjacent to an activating group) is 2. The summed E-state index contributed by atoms with van der Waals surface area (Å²) >= 11 is 0. The molecule has 0 radical (unpaired) electrons. The van der Waals surface area contributed by atoms with Gasteiger partial charge in [0, 0.05) is 19.1 Å². The third-order valence-corrected chi connectivity index (χ3v) is 2.77. The van der Waals surface area contributed by atoms with Crippen molar-refractivity contribution in [1.82, 2.24) is 9.80 Å². The fraction of sp³-hybridized carbons (Fsp3) is 1.00. The van der Waals surface area contributed by atoms with Crippen LogP contribution < -0.4 is 0 Å². The van der Waals surface area contributed by atoms with Crippen molar-refractivity contribution < 1.29 is 0 Å². The van der Waals surface area contributed by atoms with E-state index in [2.05, 4.69) is 30.8 Å². The van der Waals surface area contributed by atoms with Gasteiger partial charge in [0.1, 0.15) is 0 Å². The van der Waals surface area contributed by atoms with Gasteiger partial charge in [-0.15, -0.1) is 0 Å². The van der Waals surface area contributed by atoms with Crippen molar-refractivity contribution in [3.63, 3.8) is 0 Å². The average molecular weight is 156 g/mol. The molecule has 1 heterocycles. The van der Waals surface area contributed by atoms with E-state index < -0.39 is 0 Å². The van der Waals surface area contributed by atoms with E-state index in [9.17, 15) is 0 Å². The molecule has 1 rings (SSSR count). The van der Waals surface area contributed by atoms with Crippen LogP contribution in [0, 0.1) is 0 Å². The maximum absolute atomic E-state index is 2.49. The first-order valence-electron chi connectivity index (χ1n) is 4.62. The molecule has 0 aromatic heterocycles. The molecule has 0 N–H and O–H groups in total. The molecule has 0 bridgehead atoms. The minimum absolute atomic E-state index is 0.819.